The average molecular weight is 317 g/mol. The van der Waals surface area contributed by atoms with Gasteiger partial charge in [0.2, 0.25) is 0 Å². The lowest BCUT2D eigenvalue weighted by molar-refractivity contribution is 0.285. The molecule has 1 aromatic rings. The molecule has 0 spiro atoms. The van der Waals surface area contributed by atoms with Gasteiger partial charge in [-0.3, -0.25) is 0 Å². The molecule has 0 radical (unpaired) electrons. The van der Waals surface area contributed by atoms with Crippen LogP contribution >= 0.6 is 15.9 Å². The lowest BCUT2D eigenvalue weighted by atomic mass is 9.80. The molecule has 2 rings (SSSR count). The summed E-state index contributed by atoms with van der Waals surface area (Å²) in [6.07, 6.45) is 5.81. The molecule has 1 aromatic carbocycles. The van der Waals surface area contributed by atoms with Crippen LogP contribution in [0.5, 0.6) is 0 Å². The van der Waals surface area contributed by atoms with Crippen molar-refractivity contribution in [1.29, 1.82) is 0 Å². The second-order valence-corrected chi connectivity index (χ2v) is 6.66. The SMILES string of the molecule is CC1CCC(C(Br)Cc2ccc(F)c(F)c2)CC1. The molecular formula is C15H19BrF2. The highest BCUT2D eigenvalue weighted by Crippen LogP contribution is 2.34. The summed E-state index contributed by atoms with van der Waals surface area (Å²) in [5.74, 6) is -0.0145. The summed E-state index contributed by atoms with van der Waals surface area (Å²) < 4.78 is 26.0. The van der Waals surface area contributed by atoms with Gasteiger partial charge in [-0.2, -0.15) is 0 Å². The van der Waals surface area contributed by atoms with Gasteiger partial charge in [-0.15, -0.1) is 0 Å². The molecule has 0 saturated heterocycles. The molecule has 1 atom stereocenters. The van der Waals surface area contributed by atoms with Crippen molar-refractivity contribution < 1.29 is 8.78 Å². The van der Waals surface area contributed by atoms with E-state index in [1.807, 2.05) is 0 Å². The molecular weight excluding hydrogens is 298 g/mol. The molecule has 0 amide bonds. The molecule has 1 unspecified atom stereocenters. The van der Waals surface area contributed by atoms with Crippen molar-refractivity contribution in [3.8, 4) is 0 Å². The van der Waals surface area contributed by atoms with Crippen molar-refractivity contribution in [2.75, 3.05) is 0 Å². The van der Waals surface area contributed by atoms with E-state index in [0.717, 1.165) is 17.9 Å². The van der Waals surface area contributed by atoms with Crippen molar-refractivity contribution in [3.05, 3.63) is 35.4 Å². The van der Waals surface area contributed by atoms with E-state index in [9.17, 15) is 8.78 Å². The number of hydrogen-bond donors (Lipinski definition) is 0. The standard InChI is InChI=1S/C15H19BrF2/c1-10-2-5-12(6-3-10)13(16)8-11-4-7-14(17)15(18)9-11/h4,7,9-10,12-13H,2-3,5-6,8H2,1H3. The topological polar surface area (TPSA) is 0 Å². The van der Waals surface area contributed by atoms with E-state index in [4.69, 9.17) is 0 Å². The molecule has 1 aliphatic carbocycles. The maximum Gasteiger partial charge on any atom is 0.159 e. The van der Waals surface area contributed by atoms with E-state index in [1.54, 1.807) is 6.07 Å². The van der Waals surface area contributed by atoms with Gasteiger partial charge in [-0.1, -0.05) is 41.8 Å². The molecule has 1 fully saturated rings. The Labute approximate surface area is 116 Å². The highest BCUT2D eigenvalue weighted by atomic mass is 79.9. The fourth-order valence-corrected chi connectivity index (χ4v) is 3.61. The summed E-state index contributed by atoms with van der Waals surface area (Å²) in [5.41, 5.74) is 0.870. The van der Waals surface area contributed by atoms with Gasteiger partial charge in [-0.25, -0.2) is 8.78 Å². The smallest absolute Gasteiger partial charge is 0.159 e. The van der Waals surface area contributed by atoms with E-state index in [0.29, 0.717) is 10.7 Å². The number of alkyl halides is 1. The van der Waals surface area contributed by atoms with Crippen LogP contribution in [0.3, 0.4) is 0 Å². The first-order valence-corrected chi connectivity index (χ1v) is 7.56. The largest absolute Gasteiger partial charge is 0.204 e. The van der Waals surface area contributed by atoms with Crippen LogP contribution in [0.1, 0.15) is 38.2 Å². The molecule has 0 nitrogen and oxygen atoms in total. The minimum Gasteiger partial charge on any atom is -0.204 e. The monoisotopic (exact) mass is 316 g/mol. The Hall–Kier alpha value is -0.440. The van der Waals surface area contributed by atoms with Crippen LogP contribution in [0.15, 0.2) is 18.2 Å². The Bertz CT molecular complexity index is 397. The minimum absolute atomic E-state index is 0.370. The Kier molecular flexibility index (Phi) is 4.77. The predicted octanol–water partition coefficient (Wildman–Crippen LogP) is 5.10. The summed E-state index contributed by atoms with van der Waals surface area (Å²) in [6, 6.07) is 4.21. The maximum atomic E-state index is 13.1. The summed E-state index contributed by atoms with van der Waals surface area (Å²) in [4.78, 5) is 0.370. The Morgan fingerprint density at radius 3 is 2.44 bits per heavy atom. The third-order valence-corrected chi connectivity index (χ3v) is 5.06. The minimum atomic E-state index is -0.767. The number of benzene rings is 1. The molecule has 3 heteroatoms. The fraction of sp³-hybridized carbons (Fsp3) is 0.600. The number of rotatable bonds is 3. The van der Waals surface area contributed by atoms with Crippen LogP contribution in [0.4, 0.5) is 8.78 Å². The third kappa shape index (κ3) is 3.53. The summed E-state index contributed by atoms with van der Waals surface area (Å²) in [5, 5.41) is 0. The molecule has 0 aliphatic heterocycles. The van der Waals surface area contributed by atoms with Crippen LogP contribution in [0, 0.1) is 23.5 Å². The molecule has 1 saturated carbocycles. The van der Waals surface area contributed by atoms with Crippen molar-refractivity contribution in [3.63, 3.8) is 0 Å². The zero-order chi connectivity index (χ0) is 13.1. The lowest BCUT2D eigenvalue weighted by Gasteiger charge is -2.29. The summed E-state index contributed by atoms with van der Waals surface area (Å²) >= 11 is 3.72. The molecule has 18 heavy (non-hydrogen) atoms. The predicted molar refractivity (Wildman–Crippen MR) is 73.9 cm³/mol. The molecule has 0 bridgehead atoms. The van der Waals surface area contributed by atoms with E-state index in [1.165, 1.54) is 37.8 Å². The first kappa shape index (κ1) is 14.0. The van der Waals surface area contributed by atoms with Gasteiger partial charge in [0, 0.05) is 4.83 Å². The Morgan fingerprint density at radius 2 is 1.83 bits per heavy atom. The zero-order valence-electron chi connectivity index (χ0n) is 10.6. The molecule has 0 N–H and O–H groups in total. The second kappa shape index (κ2) is 6.14. The van der Waals surface area contributed by atoms with Gasteiger partial charge in [-0.05, 0) is 48.8 Å². The Morgan fingerprint density at radius 1 is 1.17 bits per heavy atom. The van der Waals surface area contributed by atoms with E-state index < -0.39 is 11.6 Å². The third-order valence-electron chi connectivity index (χ3n) is 3.99. The summed E-state index contributed by atoms with van der Waals surface area (Å²) in [6.45, 7) is 2.30. The first-order valence-electron chi connectivity index (χ1n) is 6.64. The van der Waals surface area contributed by atoms with Crippen LogP contribution in [0.25, 0.3) is 0 Å². The normalized spacial score (nSPS) is 26.0. The highest BCUT2D eigenvalue weighted by molar-refractivity contribution is 9.09. The zero-order valence-corrected chi connectivity index (χ0v) is 12.2. The van der Waals surface area contributed by atoms with Crippen molar-refractivity contribution in [2.24, 2.45) is 11.8 Å². The maximum absolute atomic E-state index is 13.1. The molecule has 1 aliphatic rings. The van der Waals surface area contributed by atoms with Crippen LogP contribution in [-0.2, 0) is 6.42 Å². The van der Waals surface area contributed by atoms with E-state index >= 15 is 0 Å². The van der Waals surface area contributed by atoms with Gasteiger partial charge in [0.15, 0.2) is 11.6 Å². The Balaban J connectivity index is 1.94. The van der Waals surface area contributed by atoms with Crippen LogP contribution in [-0.4, -0.2) is 4.83 Å². The van der Waals surface area contributed by atoms with Gasteiger partial charge >= 0.3 is 0 Å². The highest BCUT2D eigenvalue weighted by Gasteiger charge is 2.24. The lowest BCUT2D eigenvalue weighted by Crippen LogP contribution is -2.22. The van der Waals surface area contributed by atoms with Gasteiger partial charge in [0.1, 0.15) is 0 Å². The van der Waals surface area contributed by atoms with Gasteiger partial charge < -0.3 is 0 Å². The molecule has 0 heterocycles. The number of halogens is 3. The number of hydrogen-bond acceptors (Lipinski definition) is 0. The van der Waals surface area contributed by atoms with Crippen molar-refractivity contribution >= 4 is 15.9 Å². The quantitative estimate of drug-likeness (QED) is 0.681. The summed E-state index contributed by atoms with van der Waals surface area (Å²) in [7, 11) is 0. The van der Waals surface area contributed by atoms with Crippen LogP contribution in [0.2, 0.25) is 0 Å². The molecule has 0 aromatic heterocycles. The molecule has 100 valence electrons. The first-order chi connectivity index (χ1) is 8.56. The van der Waals surface area contributed by atoms with Crippen molar-refractivity contribution in [1.82, 2.24) is 0 Å². The van der Waals surface area contributed by atoms with Crippen molar-refractivity contribution in [2.45, 2.75) is 43.9 Å². The van der Waals surface area contributed by atoms with Gasteiger partial charge in [0.05, 0.1) is 0 Å². The van der Waals surface area contributed by atoms with E-state index in [-0.39, 0.29) is 0 Å². The fourth-order valence-electron chi connectivity index (χ4n) is 2.71. The second-order valence-electron chi connectivity index (χ2n) is 5.49. The van der Waals surface area contributed by atoms with E-state index in [2.05, 4.69) is 22.9 Å². The average Bonchev–Trinajstić information content (AvgIpc) is 2.34. The van der Waals surface area contributed by atoms with Gasteiger partial charge in [0.25, 0.3) is 0 Å². The van der Waals surface area contributed by atoms with Crippen LogP contribution < -0.4 is 0 Å².